The van der Waals surface area contributed by atoms with E-state index in [1.54, 1.807) is 12.1 Å². The van der Waals surface area contributed by atoms with Crippen molar-refractivity contribution in [3.8, 4) is 11.5 Å². The third-order valence-corrected chi connectivity index (χ3v) is 12.7. The van der Waals surface area contributed by atoms with E-state index in [-0.39, 0.29) is 24.4 Å². The van der Waals surface area contributed by atoms with E-state index >= 15 is 0 Å². The van der Waals surface area contributed by atoms with Gasteiger partial charge in [0.1, 0.15) is 17.5 Å². The lowest BCUT2D eigenvalue weighted by Crippen LogP contribution is -2.57. The van der Waals surface area contributed by atoms with Gasteiger partial charge in [0.25, 0.3) is 11.8 Å². The number of benzene rings is 4. The molecular formula is C46H48N4O7. The van der Waals surface area contributed by atoms with Crippen LogP contribution in [0, 0.1) is 0 Å². The van der Waals surface area contributed by atoms with Crippen LogP contribution in [0.3, 0.4) is 0 Å². The van der Waals surface area contributed by atoms with Crippen LogP contribution in [0.1, 0.15) is 93.3 Å². The Hall–Kier alpha value is -5.52. The number of carbonyl (C=O) groups excluding carboxylic acids is 4. The zero-order valence-electron chi connectivity index (χ0n) is 32.0. The SMILES string of the molecule is O=C1CCC(N2C(=O)c3ccc(N4CCC5(CC4)CN(CCCOc4ccc(C6c7ccc(O)cc7CCC6c6ccccc6)cc4)CCO5)cc3C2=O)C(=O)N1. The standard InChI is InChI=1S/C46H48N4O7/c51-34-11-16-37-32(27-34)9-14-36(30-5-2-1-3-6-30)42(37)31-7-12-35(13-8-31)56-25-4-21-48-24-26-57-46(29-48)19-22-49(23-20-46)33-10-15-38-39(28-33)45(55)50(44(38)54)40-17-18-41(52)47-43(40)53/h1-3,5-8,10-13,15-16,27-28,36,40,42,51H,4,9,14,17-26,29H2,(H,47,52,53). The van der Waals surface area contributed by atoms with Gasteiger partial charge in [0.2, 0.25) is 11.8 Å². The van der Waals surface area contributed by atoms with E-state index < -0.39 is 29.7 Å². The molecule has 57 heavy (non-hydrogen) atoms. The number of aromatic hydroxyl groups is 1. The lowest BCUT2D eigenvalue weighted by Gasteiger charge is -2.48. The molecule has 4 aromatic carbocycles. The molecule has 3 unspecified atom stereocenters. The first-order valence-corrected chi connectivity index (χ1v) is 20.3. The van der Waals surface area contributed by atoms with E-state index in [0.29, 0.717) is 36.0 Å². The smallest absolute Gasteiger partial charge is 0.262 e. The van der Waals surface area contributed by atoms with Gasteiger partial charge < -0.3 is 19.5 Å². The monoisotopic (exact) mass is 768 g/mol. The molecule has 1 spiro atoms. The number of hydrogen-bond donors (Lipinski definition) is 2. The van der Waals surface area contributed by atoms with E-state index in [9.17, 15) is 24.3 Å². The van der Waals surface area contributed by atoms with Gasteiger partial charge in [-0.3, -0.25) is 34.3 Å². The molecule has 294 valence electrons. The first kappa shape index (κ1) is 37.1. The van der Waals surface area contributed by atoms with Gasteiger partial charge in [0.05, 0.1) is 29.9 Å². The molecule has 0 aromatic heterocycles. The molecule has 4 heterocycles. The summed E-state index contributed by atoms with van der Waals surface area (Å²) >= 11 is 0. The fourth-order valence-corrected chi connectivity index (χ4v) is 9.77. The van der Waals surface area contributed by atoms with Crippen molar-refractivity contribution in [2.45, 2.75) is 68.4 Å². The predicted molar refractivity (Wildman–Crippen MR) is 214 cm³/mol. The summed E-state index contributed by atoms with van der Waals surface area (Å²) in [6.45, 7) is 5.47. The van der Waals surface area contributed by atoms with E-state index in [0.717, 1.165) is 81.2 Å². The molecule has 4 aromatic rings. The Kier molecular flexibility index (Phi) is 10.0. The molecule has 11 heteroatoms. The van der Waals surface area contributed by atoms with Crippen LogP contribution in [0.15, 0.2) is 91.0 Å². The molecule has 0 saturated carbocycles. The van der Waals surface area contributed by atoms with Crippen molar-refractivity contribution >= 4 is 29.3 Å². The first-order chi connectivity index (χ1) is 27.7. The number of carbonyl (C=O) groups is 4. The number of phenolic OH excluding ortho intramolecular Hbond substituents is 1. The van der Waals surface area contributed by atoms with E-state index in [1.165, 1.54) is 22.3 Å². The highest BCUT2D eigenvalue weighted by molar-refractivity contribution is 6.23. The molecule has 1 aliphatic carbocycles. The Morgan fingerprint density at radius 2 is 1.60 bits per heavy atom. The average Bonchev–Trinajstić information content (AvgIpc) is 3.47. The predicted octanol–water partition coefficient (Wildman–Crippen LogP) is 5.80. The lowest BCUT2D eigenvalue weighted by atomic mass is 9.69. The number of ether oxygens (including phenoxy) is 2. The molecule has 0 radical (unpaired) electrons. The maximum absolute atomic E-state index is 13.4. The number of anilines is 1. The molecule has 11 nitrogen and oxygen atoms in total. The van der Waals surface area contributed by atoms with Gasteiger partial charge in [-0.15, -0.1) is 0 Å². The number of hydrogen-bond acceptors (Lipinski definition) is 9. The van der Waals surface area contributed by atoms with Gasteiger partial charge in [-0.25, -0.2) is 0 Å². The summed E-state index contributed by atoms with van der Waals surface area (Å²) in [6, 6.07) is 29.5. The molecule has 2 N–H and O–H groups in total. The number of imide groups is 2. The fourth-order valence-electron chi connectivity index (χ4n) is 9.77. The number of aryl methyl sites for hydroxylation is 1. The Bertz CT molecular complexity index is 2180. The number of nitrogens with zero attached hydrogens (tertiary/aromatic N) is 3. The molecule has 3 saturated heterocycles. The summed E-state index contributed by atoms with van der Waals surface area (Å²) in [5, 5.41) is 12.4. The van der Waals surface area contributed by atoms with Gasteiger partial charge in [0.15, 0.2) is 0 Å². The van der Waals surface area contributed by atoms with Crippen molar-refractivity contribution in [1.82, 2.24) is 15.1 Å². The molecule has 4 aliphatic heterocycles. The van der Waals surface area contributed by atoms with E-state index in [1.807, 2.05) is 18.2 Å². The highest BCUT2D eigenvalue weighted by Gasteiger charge is 2.45. The normalized spacial score (nSPS) is 23.3. The maximum Gasteiger partial charge on any atom is 0.262 e. The van der Waals surface area contributed by atoms with Crippen molar-refractivity contribution in [1.29, 1.82) is 0 Å². The number of fused-ring (bicyclic) bond motifs is 2. The van der Waals surface area contributed by atoms with Gasteiger partial charge in [-0.1, -0.05) is 48.5 Å². The average molecular weight is 769 g/mol. The summed E-state index contributed by atoms with van der Waals surface area (Å²) in [5.74, 6) is -0.234. The zero-order chi connectivity index (χ0) is 39.1. The van der Waals surface area contributed by atoms with Crippen LogP contribution in [-0.2, 0) is 20.7 Å². The van der Waals surface area contributed by atoms with Crippen LogP contribution < -0.4 is 15.0 Å². The Morgan fingerprint density at radius 1 is 0.807 bits per heavy atom. The van der Waals surface area contributed by atoms with Gasteiger partial charge in [-0.05, 0) is 109 Å². The van der Waals surface area contributed by atoms with Crippen molar-refractivity contribution in [3.05, 3.63) is 124 Å². The topological polar surface area (TPSA) is 129 Å². The van der Waals surface area contributed by atoms with Crippen LogP contribution in [0.4, 0.5) is 5.69 Å². The Morgan fingerprint density at radius 3 is 2.39 bits per heavy atom. The highest BCUT2D eigenvalue weighted by atomic mass is 16.5. The molecule has 3 atom stereocenters. The number of rotatable bonds is 9. The number of piperidine rings is 2. The van der Waals surface area contributed by atoms with Crippen LogP contribution in [0.2, 0.25) is 0 Å². The second-order valence-electron chi connectivity index (χ2n) is 16.2. The molecule has 9 rings (SSSR count). The van der Waals surface area contributed by atoms with Crippen molar-refractivity contribution in [3.63, 3.8) is 0 Å². The summed E-state index contributed by atoms with van der Waals surface area (Å²) in [7, 11) is 0. The van der Waals surface area contributed by atoms with Crippen LogP contribution in [0.5, 0.6) is 11.5 Å². The summed E-state index contributed by atoms with van der Waals surface area (Å²) in [5.41, 5.74) is 6.33. The molecule has 3 fully saturated rings. The van der Waals surface area contributed by atoms with Crippen molar-refractivity contribution in [2.75, 3.05) is 50.8 Å². The minimum absolute atomic E-state index is 0.0915. The van der Waals surface area contributed by atoms with Crippen molar-refractivity contribution < 1.29 is 33.8 Å². The summed E-state index contributed by atoms with van der Waals surface area (Å²) in [4.78, 5) is 56.4. The van der Waals surface area contributed by atoms with Gasteiger partial charge in [-0.2, -0.15) is 0 Å². The molecule has 4 amide bonds. The summed E-state index contributed by atoms with van der Waals surface area (Å²) in [6.07, 6.45) is 4.79. The molecular weight excluding hydrogens is 721 g/mol. The first-order valence-electron chi connectivity index (χ1n) is 20.3. The lowest BCUT2D eigenvalue weighted by molar-refractivity contribution is -0.136. The maximum atomic E-state index is 13.4. The fraction of sp³-hybridized carbons (Fsp3) is 0.391. The minimum atomic E-state index is -0.977. The quantitative estimate of drug-likeness (QED) is 0.161. The number of phenols is 1. The van der Waals surface area contributed by atoms with E-state index in [4.69, 9.17) is 9.47 Å². The van der Waals surface area contributed by atoms with Crippen LogP contribution in [-0.4, -0.2) is 96.1 Å². The van der Waals surface area contributed by atoms with Gasteiger partial charge >= 0.3 is 0 Å². The van der Waals surface area contributed by atoms with Crippen molar-refractivity contribution in [2.24, 2.45) is 0 Å². The van der Waals surface area contributed by atoms with E-state index in [2.05, 4.69) is 75.8 Å². The van der Waals surface area contributed by atoms with Crippen LogP contribution in [0.25, 0.3) is 0 Å². The molecule has 5 aliphatic rings. The minimum Gasteiger partial charge on any atom is -0.508 e. The Labute approximate surface area is 332 Å². The summed E-state index contributed by atoms with van der Waals surface area (Å²) < 4.78 is 12.7. The second-order valence-corrected chi connectivity index (χ2v) is 16.2. The highest BCUT2D eigenvalue weighted by Crippen LogP contribution is 2.47. The Balaban J connectivity index is 0.773. The molecule has 0 bridgehead atoms. The van der Waals surface area contributed by atoms with Gasteiger partial charge in [0, 0.05) is 50.7 Å². The third kappa shape index (κ3) is 7.30. The number of amides is 4. The largest absolute Gasteiger partial charge is 0.508 e. The number of nitrogens with one attached hydrogen (secondary N) is 1. The number of morpholine rings is 1. The zero-order valence-corrected chi connectivity index (χ0v) is 32.0. The van der Waals surface area contributed by atoms with Crippen LogP contribution >= 0.6 is 0 Å². The third-order valence-electron chi connectivity index (χ3n) is 12.7. The second kappa shape index (κ2) is 15.4.